The number of nitrogens with zero attached hydrogens (tertiary/aromatic N) is 1. The predicted octanol–water partition coefficient (Wildman–Crippen LogP) is 2.72. The number of anilines is 1. The van der Waals surface area contributed by atoms with E-state index in [2.05, 4.69) is 9.69 Å². The van der Waals surface area contributed by atoms with E-state index >= 15 is 0 Å². The zero-order valence-electron chi connectivity index (χ0n) is 9.52. The Balaban J connectivity index is 2.18. The van der Waals surface area contributed by atoms with Gasteiger partial charge in [0.1, 0.15) is 11.4 Å². The third-order valence-corrected chi connectivity index (χ3v) is 2.96. The molecule has 2 aromatic rings. The molecule has 88 valence electrons. The second-order valence-corrected chi connectivity index (χ2v) is 4.81. The van der Waals surface area contributed by atoms with Gasteiger partial charge in [0.15, 0.2) is 0 Å². The minimum atomic E-state index is -0.312. The lowest BCUT2D eigenvalue weighted by molar-refractivity contribution is 0.102. The molecule has 0 aliphatic heterocycles. The fraction of sp³-hybridized carbons (Fsp3) is 0.167. The van der Waals surface area contributed by atoms with Gasteiger partial charge in [-0.05, 0) is 49.1 Å². The summed E-state index contributed by atoms with van der Waals surface area (Å²) in [7, 11) is 0. The third kappa shape index (κ3) is 2.62. The fourth-order valence-electron chi connectivity index (χ4n) is 1.41. The van der Waals surface area contributed by atoms with Gasteiger partial charge in [-0.2, -0.15) is 4.37 Å². The van der Waals surface area contributed by atoms with E-state index in [0.717, 1.165) is 10.4 Å². The number of benzene rings is 1. The number of aromatic nitrogens is 1. The summed E-state index contributed by atoms with van der Waals surface area (Å²) in [6, 6.07) is 6.80. The number of carbonyl (C=O) groups excluding carboxylic acids is 1. The summed E-state index contributed by atoms with van der Waals surface area (Å²) < 4.78 is 4.01. The summed E-state index contributed by atoms with van der Waals surface area (Å²) in [5, 5.41) is 12.3. The van der Waals surface area contributed by atoms with Crippen molar-refractivity contribution in [2.45, 2.75) is 13.8 Å². The van der Waals surface area contributed by atoms with Crippen molar-refractivity contribution in [2.24, 2.45) is 0 Å². The average molecular weight is 248 g/mol. The van der Waals surface area contributed by atoms with Crippen LogP contribution in [0.2, 0.25) is 0 Å². The summed E-state index contributed by atoms with van der Waals surface area (Å²) in [5.41, 5.74) is 1.70. The predicted molar refractivity (Wildman–Crippen MR) is 67.6 cm³/mol. The molecule has 0 aliphatic rings. The number of phenols is 1. The molecule has 0 spiro atoms. The minimum absolute atomic E-state index is 0.0605. The minimum Gasteiger partial charge on any atom is -0.506 e. The molecule has 0 saturated heterocycles. The van der Waals surface area contributed by atoms with Crippen LogP contribution in [0.3, 0.4) is 0 Å². The van der Waals surface area contributed by atoms with Crippen LogP contribution in [-0.2, 0) is 0 Å². The van der Waals surface area contributed by atoms with Crippen LogP contribution >= 0.6 is 11.5 Å². The number of nitrogens with one attached hydrogen (secondary N) is 1. The molecule has 2 rings (SSSR count). The Morgan fingerprint density at radius 3 is 2.71 bits per heavy atom. The van der Waals surface area contributed by atoms with Gasteiger partial charge in [0.2, 0.25) is 0 Å². The summed E-state index contributed by atoms with van der Waals surface area (Å²) in [6.45, 7) is 3.76. The number of carbonyl (C=O) groups is 1. The van der Waals surface area contributed by atoms with Crippen molar-refractivity contribution < 1.29 is 9.90 Å². The van der Waals surface area contributed by atoms with Crippen molar-refractivity contribution in [3.05, 3.63) is 40.4 Å². The Kier molecular flexibility index (Phi) is 3.10. The molecule has 2 N–H and O–H groups in total. The van der Waals surface area contributed by atoms with Gasteiger partial charge in [0.05, 0.1) is 5.69 Å². The first-order valence-corrected chi connectivity index (χ1v) is 5.88. The second-order valence-electron chi connectivity index (χ2n) is 3.80. The number of hydrogen-bond acceptors (Lipinski definition) is 4. The zero-order valence-corrected chi connectivity index (χ0v) is 10.3. The van der Waals surface area contributed by atoms with Gasteiger partial charge in [0.25, 0.3) is 5.91 Å². The maximum atomic E-state index is 11.8. The van der Waals surface area contributed by atoms with E-state index in [-0.39, 0.29) is 11.7 Å². The Morgan fingerprint density at radius 1 is 1.35 bits per heavy atom. The zero-order chi connectivity index (χ0) is 12.4. The lowest BCUT2D eigenvalue weighted by Crippen LogP contribution is -2.12. The monoisotopic (exact) mass is 248 g/mol. The van der Waals surface area contributed by atoms with E-state index in [1.165, 1.54) is 11.5 Å². The number of hydrogen-bond donors (Lipinski definition) is 2. The lowest BCUT2D eigenvalue weighted by Gasteiger charge is -2.06. The summed E-state index contributed by atoms with van der Waals surface area (Å²) >= 11 is 1.28. The second kappa shape index (κ2) is 4.55. The van der Waals surface area contributed by atoms with Crippen LogP contribution in [-0.4, -0.2) is 15.4 Å². The molecule has 5 heteroatoms. The molecule has 0 radical (unpaired) electrons. The largest absolute Gasteiger partial charge is 0.506 e. The molecule has 0 unspecified atom stereocenters. The molecule has 0 bridgehead atoms. The third-order valence-electron chi connectivity index (χ3n) is 2.26. The topological polar surface area (TPSA) is 62.2 Å². The molecule has 17 heavy (non-hydrogen) atoms. The molecule has 1 aromatic heterocycles. The molecule has 0 atom stereocenters. The molecule has 0 fully saturated rings. The van der Waals surface area contributed by atoms with E-state index < -0.39 is 0 Å². The van der Waals surface area contributed by atoms with Gasteiger partial charge in [-0.15, -0.1) is 0 Å². The van der Waals surface area contributed by atoms with Crippen LogP contribution < -0.4 is 5.32 Å². The number of rotatable bonds is 2. The van der Waals surface area contributed by atoms with Crippen molar-refractivity contribution in [3.8, 4) is 5.75 Å². The van der Waals surface area contributed by atoms with Gasteiger partial charge < -0.3 is 10.4 Å². The first-order chi connectivity index (χ1) is 8.06. The Bertz CT molecular complexity index is 563. The fourth-order valence-corrected chi connectivity index (χ4v) is 1.95. The van der Waals surface area contributed by atoms with E-state index in [1.54, 1.807) is 18.2 Å². The number of aromatic hydroxyl groups is 1. The highest BCUT2D eigenvalue weighted by Crippen LogP contribution is 2.24. The van der Waals surface area contributed by atoms with Crippen molar-refractivity contribution >= 4 is 23.1 Å². The molecule has 1 aromatic carbocycles. The highest BCUT2D eigenvalue weighted by Gasteiger charge is 2.11. The molecular formula is C12H12N2O2S. The maximum Gasteiger partial charge on any atom is 0.275 e. The van der Waals surface area contributed by atoms with Crippen LogP contribution in [0.25, 0.3) is 0 Å². The molecule has 1 amide bonds. The first kappa shape index (κ1) is 11.6. The number of aryl methyl sites for hydroxylation is 2. The summed E-state index contributed by atoms with van der Waals surface area (Å²) in [5.74, 6) is -0.251. The van der Waals surface area contributed by atoms with Crippen molar-refractivity contribution in [1.82, 2.24) is 4.37 Å². The van der Waals surface area contributed by atoms with Crippen molar-refractivity contribution in [2.75, 3.05) is 5.32 Å². The average Bonchev–Trinajstić information content (AvgIpc) is 2.69. The lowest BCUT2D eigenvalue weighted by atomic mass is 10.2. The first-order valence-electron chi connectivity index (χ1n) is 5.10. The SMILES string of the molecule is Cc1ccc(NC(=O)c2cc(C)sn2)c(O)c1. The van der Waals surface area contributed by atoms with Gasteiger partial charge >= 0.3 is 0 Å². The van der Waals surface area contributed by atoms with Gasteiger partial charge in [-0.1, -0.05) is 6.07 Å². The van der Waals surface area contributed by atoms with E-state index in [9.17, 15) is 9.90 Å². The van der Waals surface area contributed by atoms with Crippen LogP contribution in [0, 0.1) is 13.8 Å². The van der Waals surface area contributed by atoms with Gasteiger partial charge in [-0.25, -0.2) is 0 Å². The molecule has 1 heterocycles. The normalized spacial score (nSPS) is 10.2. The number of amides is 1. The Labute approximate surface area is 103 Å². The van der Waals surface area contributed by atoms with Crippen molar-refractivity contribution in [3.63, 3.8) is 0 Å². The molecule has 0 saturated carbocycles. The Morgan fingerprint density at radius 2 is 2.12 bits per heavy atom. The van der Waals surface area contributed by atoms with Crippen molar-refractivity contribution in [1.29, 1.82) is 0 Å². The standard InChI is InChI=1S/C12H12N2O2S/c1-7-3-4-9(11(15)5-7)13-12(16)10-6-8(2)17-14-10/h3-6,15H,1-2H3,(H,13,16). The quantitative estimate of drug-likeness (QED) is 0.803. The number of phenolic OH excluding ortho intramolecular Hbond substituents is 1. The van der Waals surface area contributed by atoms with E-state index in [1.807, 2.05) is 19.9 Å². The summed E-state index contributed by atoms with van der Waals surface area (Å²) in [4.78, 5) is 12.8. The maximum absolute atomic E-state index is 11.8. The van der Waals surface area contributed by atoms with E-state index in [0.29, 0.717) is 11.4 Å². The van der Waals surface area contributed by atoms with Crippen LogP contribution in [0.4, 0.5) is 5.69 Å². The van der Waals surface area contributed by atoms with Crippen LogP contribution in [0.1, 0.15) is 20.9 Å². The van der Waals surface area contributed by atoms with Gasteiger partial charge in [-0.3, -0.25) is 4.79 Å². The molecular weight excluding hydrogens is 236 g/mol. The Hall–Kier alpha value is -1.88. The molecule has 0 aliphatic carbocycles. The van der Waals surface area contributed by atoms with E-state index in [4.69, 9.17) is 0 Å². The highest BCUT2D eigenvalue weighted by molar-refractivity contribution is 7.05. The van der Waals surface area contributed by atoms with Gasteiger partial charge in [0, 0.05) is 4.88 Å². The highest BCUT2D eigenvalue weighted by atomic mass is 32.1. The molecule has 4 nitrogen and oxygen atoms in total. The van der Waals surface area contributed by atoms with Crippen LogP contribution in [0.15, 0.2) is 24.3 Å². The smallest absolute Gasteiger partial charge is 0.275 e. The summed E-state index contributed by atoms with van der Waals surface area (Å²) in [6.07, 6.45) is 0. The van der Waals surface area contributed by atoms with Crippen LogP contribution in [0.5, 0.6) is 5.75 Å².